The molecule has 0 spiro atoms. The van der Waals surface area contributed by atoms with Crippen molar-refractivity contribution in [2.45, 2.75) is 20.4 Å². The Kier molecular flexibility index (Phi) is 5.58. The average Bonchev–Trinajstić information content (AvgIpc) is 3.10. The van der Waals surface area contributed by atoms with E-state index in [9.17, 15) is 9.90 Å². The Labute approximate surface area is 180 Å². The van der Waals surface area contributed by atoms with Crippen LogP contribution in [-0.2, 0) is 6.54 Å². The van der Waals surface area contributed by atoms with Crippen LogP contribution in [0.25, 0.3) is 22.2 Å². The molecule has 2 heterocycles. The van der Waals surface area contributed by atoms with E-state index in [-0.39, 0.29) is 5.56 Å². The van der Waals surface area contributed by atoms with Crippen molar-refractivity contribution in [3.8, 4) is 17.0 Å². The van der Waals surface area contributed by atoms with Crippen LogP contribution >= 0.6 is 0 Å². The first-order valence-corrected chi connectivity index (χ1v) is 10.0. The van der Waals surface area contributed by atoms with E-state index in [0.29, 0.717) is 23.8 Å². The number of fused-ring (bicyclic) bond motifs is 1. The van der Waals surface area contributed by atoms with E-state index in [4.69, 9.17) is 4.74 Å². The van der Waals surface area contributed by atoms with Gasteiger partial charge in [-0.15, -0.1) is 0 Å². The predicted octanol–water partition coefficient (Wildman–Crippen LogP) is 4.53. The molecule has 0 aliphatic rings. The van der Waals surface area contributed by atoms with Crippen LogP contribution in [-0.4, -0.2) is 39.3 Å². The molecule has 0 saturated heterocycles. The molecule has 0 aliphatic heterocycles. The van der Waals surface area contributed by atoms with E-state index in [1.165, 1.54) is 41.7 Å². The highest BCUT2D eigenvalue weighted by Crippen LogP contribution is 2.27. The second-order valence-electron chi connectivity index (χ2n) is 7.38. The largest absolute Gasteiger partial charge is 0.496 e. The normalized spacial score (nSPS) is 10.9. The molecule has 0 unspecified atom stereocenters. The van der Waals surface area contributed by atoms with Gasteiger partial charge in [-0.25, -0.2) is 14.8 Å². The quantitative estimate of drug-likeness (QED) is 0.460. The van der Waals surface area contributed by atoms with Crippen molar-refractivity contribution in [2.75, 3.05) is 19.0 Å². The number of methoxy groups -OCH3 is 1. The summed E-state index contributed by atoms with van der Waals surface area (Å²) in [7, 11) is 1.45. The molecule has 7 nitrogen and oxygen atoms in total. The second kappa shape index (κ2) is 8.47. The van der Waals surface area contributed by atoms with Crippen molar-refractivity contribution in [1.29, 1.82) is 0 Å². The van der Waals surface area contributed by atoms with E-state index in [0.717, 1.165) is 12.1 Å². The summed E-state index contributed by atoms with van der Waals surface area (Å²) in [6, 6.07) is 15.3. The number of aryl methyl sites for hydroxylation is 2. The predicted molar refractivity (Wildman–Crippen MR) is 121 cm³/mol. The molecule has 0 bridgehead atoms. The molecule has 0 aliphatic carbocycles. The number of hydrogen-bond acceptors (Lipinski definition) is 5. The van der Waals surface area contributed by atoms with Gasteiger partial charge in [-0.05, 0) is 43.7 Å². The molecular formula is C24H24N4O3. The summed E-state index contributed by atoms with van der Waals surface area (Å²) in [4.78, 5) is 19.9. The van der Waals surface area contributed by atoms with Crippen molar-refractivity contribution >= 4 is 22.7 Å². The van der Waals surface area contributed by atoms with Gasteiger partial charge >= 0.3 is 5.97 Å². The van der Waals surface area contributed by atoms with Crippen molar-refractivity contribution in [3.05, 3.63) is 71.7 Å². The van der Waals surface area contributed by atoms with Gasteiger partial charge in [0.2, 0.25) is 0 Å². The molecule has 2 aromatic carbocycles. The fraction of sp³-hybridized carbons (Fsp3) is 0.208. The third kappa shape index (κ3) is 4.07. The van der Waals surface area contributed by atoms with Gasteiger partial charge in [0.1, 0.15) is 23.5 Å². The Hall–Kier alpha value is -3.87. The van der Waals surface area contributed by atoms with Crippen LogP contribution < -0.4 is 10.1 Å². The van der Waals surface area contributed by atoms with Crippen LogP contribution in [0.2, 0.25) is 0 Å². The molecule has 158 valence electrons. The monoisotopic (exact) mass is 416 g/mol. The standard InChI is InChI=1S/C24H24N4O3/c1-15-5-4-6-21-19(15)11-16(2)28(21)10-9-25-23-13-20(26-14-27-23)17-7-8-18(24(29)30)22(12-17)31-3/h4-8,11-14H,9-10H2,1-3H3,(H,29,30)(H,25,26,27). The van der Waals surface area contributed by atoms with E-state index in [1.54, 1.807) is 12.1 Å². The molecule has 2 N–H and O–H groups in total. The van der Waals surface area contributed by atoms with Gasteiger partial charge in [0, 0.05) is 41.3 Å². The zero-order valence-corrected chi connectivity index (χ0v) is 17.7. The van der Waals surface area contributed by atoms with E-state index in [2.05, 4.69) is 58.0 Å². The third-order valence-corrected chi connectivity index (χ3v) is 5.41. The first-order valence-electron chi connectivity index (χ1n) is 10.0. The van der Waals surface area contributed by atoms with Crippen LogP contribution in [0.5, 0.6) is 5.75 Å². The van der Waals surface area contributed by atoms with Crippen LogP contribution in [0.4, 0.5) is 5.82 Å². The molecule has 4 rings (SSSR count). The summed E-state index contributed by atoms with van der Waals surface area (Å²) in [5, 5.41) is 13.9. The number of hydrogen-bond donors (Lipinski definition) is 2. The zero-order chi connectivity index (χ0) is 22.0. The third-order valence-electron chi connectivity index (χ3n) is 5.41. The number of anilines is 1. The van der Waals surface area contributed by atoms with Gasteiger partial charge in [0.25, 0.3) is 0 Å². The number of carboxylic acid groups (broad SMARTS) is 1. The highest BCUT2D eigenvalue weighted by molar-refractivity contribution is 5.92. The fourth-order valence-electron chi connectivity index (χ4n) is 3.80. The number of aromatic nitrogens is 3. The van der Waals surface area contributed by atoms with Crippen LogP contribution in [0.1, 0.15) is 21.6 Å². The summed E-state index contributed by atoms with van der Waals surface area (Å²) in [5.74, 6) is -0.0311. The topological polar surface area (TPSA) is 89.3 Å². The number of carboxylic acids is 1. The maximum absolute atomic E-state index is 11.3. The number of nitrogens with one attached hydrogen (secondary N) is 1. The molecule has 31 heavy (non-hydrogen) atoms. The Morgan fingerprint density at radius 1 is 1.13 bits per heavy atom. The first kappa shape index (κ1) is 20.4. The molecule has 0 amide bonds. The van der Waals surface area contributed by atoms with Gasteiger partial charge in [-0.2, -0.15) is 0 Å². The highest BCUT2D eigenvalue weighted by atomic mass is 16.5. The minimum Gasteiger partial charge on any atom is -0.496 e. The van der Waals surface area contributed by atoms with Crippen molar-refractivity contribution in [3.63, 3.8) is 0 Å². The summed E-state index contributed by atoms with van der Waals surface area (Å²) in [6.07, 6.45) is 1.49. The Morgan fingerprint density at radius 3 is 2.74 bits per heavy atom. The van der Waals surface area contributed by atoms with Gasteiger partial charge < -0.3 is 19.7 Å². The summed E-state index contributed by atoms with van der Waals surface area (Å²) in [6.45, 7) is 5.76. The zero-order valence-electron chi connectivity index (χ0n) is 17.7. The molecule has 0 saturated carbocycles. The average molecular weight is 416 g/mol. The molecular weight excluding hydrogens is 392 g/mol. The van der Waals surface area contributed by atoms with E-state index in [1.807, 2.05) is 6.07 Å². The Balaban J connectivity index is 1.51. The Morgan fingerprint density at radius 2 is 1.97 bits per heavy atom. The number of carbonyl (C=O) groups is 1. The second-order valence-corrected chi connectivity index (χ2v) is 7.38. The maximum Gasteiger partial charge on any atom is 0.339 e. The number of ether oxygens (including phenoxy) is 1. The number of aromatic carboxylic acids is 1. The summed E-state index contributed by atoms with van der Waals surface area (Å²) in [5.41, 5.74) is 5.29. The van der Waals surface area contributed by atoms with Gasteiger partial charge in [0.15, 0.2) is 0 Å². The SMILES string of the molecule is COc1cc(-c2cc(NCCn3c(C)cc4c(C)cccc43)ncn2)ccc1C(=O)O. The van der Waals surface area contributed by atoms with Crippen molar-refractivity contribution < 1.29 is 14.6 Å². The van der Waals surface area contributed by atoms with Gasteiger partial charge in [0.05, 0.1) is 12.8 Å². The Bertz CT molecular complexity index is 1260. The molecule has 7 heteroatoms. The summed E-state index contributed by atoms with van der Waals surface area (Å²) < 4.78 is 7.52. The number of rotatable bonds is 7. The lowest BCUT2D eigenvalue weighted by Gasteiger charge is -2.11. The molecule has 0 fully saturated rings. The van der Waals surface area contributed by atoms with Crippen LogP contribution in [0, 0.1) is 13.8 Å². The lowest BCUT2D eigenvalue weighted by Crippen LogP contribution is -2.12. The summed E-state index contributed by atoms with van der Waals surface area (Å²) >= 11 is 0. The van der Waals surface area contributed by atoms with Gasteiger partial charge in [-0.1, -0.05) is 18.2 Å². The maximum atomic E-state index is 11.3. The lowest BCUT2D eigenvalue weighted by atomic mass is 10.1. The highest BCUT2D eigenvalue weighted by Gasteiger charge is 2.13. The molecule has 0 radical (unpaired) electrons. The van der Waals surface area contributed by atoms with Gasteiger partial charge in [-0.3, -0.25) is 0 Å². The van der Waals surface area contributed by atoms with E-state index >= 15 is 0 Å². The molecule has 4 aromatic rings. The lowest BCUT2D eigenvalue weighted by molar-refractivity contribution is 0.0693. The smallest absolute Gasteiger partial charge is 0.339 e. The van der Waals surface area contributed by atoms with Crippen LogP contribution in [0.15, 0.2) is 54.9 Å². The molecule has 2 aromatic heterocycles. The van der Waals surface area contributed by atoms with Crippen molar-refractivity contribution in [2.24, 2.45) is 0 Å². The van der Waals surface area contributed by atoms with Crippen molar-refractivity contribution in [1.82, 2.24) is 14.5 Å². The fourth-order valence-corrected chi connectivity index (χ4v) is 3.80. The minimum absolute atomic E-state index is 0.114. The van der Waals surface area contributed by atoms with E-state index < -0.39 is 5.97 Å². The van der Waals surface area contributed by atoms with Crippen LogP contribution in [0.3, 0.4) is 0 Å². The first-order chi connectivity index (χ1) is 15.0. The molecule has 0 atom stereocenters. The minimum atomic E-state index is -1.03. The number of benzene rings is 2. The number of nitrogens with zero attached hydrogens (tertiary/aromatic N) is 3.